The Hall–Kier alpha value is -1.32. The Morgan fingerprint density at radius 3 is 2.22 bits per heavy atom. The van der Waals surface area contributed by atoms with Gasteiger partial charge in [-0.25, -0.2) is 9.97 Å². The van der Waals surface area contributed by atoms with Crippen molar-refractivity contribution in [2.75, 3.05) is 23.7 Å². The fraction of sp³-hybridized carbons (Fsp3) is 0.714. The molecule has 0 amide bonds. The van der Waals surface area contributed by atoms with Crippen LogP contribution in [-0.2, 0) is 0 Å². The van der Waals surface area contributed by atoms with E-state index in [1.165, 1.54) is 6.42 Å². The van der Waals surface area contributed by atoms with E-state index >= 15 is 0 Å². The van der Waals surface area contributed by atoms with Gasteiger partial charge in [0.1, 0.15) is 17.5 Å². The highest BCUT2D eigenvalue weighted by atomic mass is 15.1. The van der Waals surface area contributed by atoms with Crippen LogP contribution in [0.5, 0.6) is 0 Å². The molecule has 1 aromatic rings. The molecule has 0 bridgehead atoms. The van der Waals surface area contributed by atoms with Crippen molar-refractivity contribution in [2.24, 2.45) is 11.3 Å². The first kappa shape index (κ1) is 13.1. The van der Waals surface area contributed by atoms with Crippen molar-refractivity contribution in [1.29, 1.82) is 0 Å². The van der Waals surface area contributed by atoms with Gasteiger partial charge in [0.2, 0.25) is 0 Å². The van der Waals surface area contributed by atoms with E-state index in [-0.39, 0.29) is 0 Å². The molecular formula is C14H24N4. The van der Waals surface area contributed by atoms with Crippen molar-refractivity contribution in [3.05, 3.63) is 11.4 Å². The zero-order chi connectivity index (χ0) is 13.3. The van der Waals surface area contributed by atoms with Gasteiger partial charge in [0.25, 0.3) is 0 Å². The second kappa shape index (κ2) is 4.75. The number of anilines is 2. The summed E-state index contributed by atoms with van der Waals surface area (Å²) < 4.78 is 0. The molecule has 1 atom stereocenters. The van der Waals surface area contributed by atoms with E-state index in [0.717, 1.165) is 42.0 Å². The highest BCUT2D eigenvalue weighted by Gasteiger charge is 2.45. The summed E-state index contributed by atoms with van der Waals surface area (Å²) in [5, 5.41) is 6.76. The van der Waals surface area contributed by atoms with Crippen molar-refractivity contribution in [2.45, 2.75) is 41.0 Å². The summed E-state index contributed by atoms with van der Waals surface area (Å²) in [7, 11) is 0. The Kier molecular flexibility index (Phi) is 3.46. The SMILES string of the molecule is CCNc1nc(C)nc(NCC2CC2(C)C)c1C. The molecule has 2 N–H and O–H groups in total. The van der Waals surface area contributed by atoms with Crippen molar-refractivity contribution in [1.82, 2.24) is 9.97 Å². The van der Waals surface area contributed by atoms with Gasteiger partial charge in [0, 0.05) is 18.7 Å². The number of aromatic nitrogens is 2. The van der Waals surface area contributed by atoms with Gasteiger partial charge in [-0.2, -0.15) is 0 Å². The first-order valence-corrected chi connectivity index (χ1v) is 6.77. The molecule has 1 aliphatic carbocycles. The molecule has 4 nitrogen and oxygen atoms in total. The number of aryl methyl sites for hydroxylation is 1. The molecule has 1 unspecified atom stereocenters. The number of nitrogens with one attached hydrogen (secondary N) is 2. The van der Waals surface area contributed by atoms with Crippen LogP contribution in [0.2, 0.25) is 0 Å². The third-order valence-electron chi connectivity index (χ3n) is 3.84. The molecule has 1 fully saturated rings. The maximum Gasteiger partial charge on any atom is 0.134 e. The van der Waals surface area contributed by atoms with Crippen molar-refractivity contribution in [3.63, 3.8) is 0 Å². The third kappa shape index (κ3) is 2.74. The summed E-state index contributed by atoms with van der Waals surface area (Å²) in [6.07, 6.45) is 1.31. The van der Waals surface area contributed by atoms with E-state index in [2.05, 4.69) is 48.3 Å². The molecule has 1 heterocycles. The zero-order valence-electron chi connectivity index (χ0n) is 12.1. The van der Waals surface area contributed by atoms with Gasteiger partial charge in [0.15, 0.2) is 0 Å². The van der Waals surface area contributed by atoms with Crippen LogP contribution in [0.15, 0.2) is 0 Å². The summed E-state index contributed by atoms with van der Waals surface area (Å²) in [6, 6.07) is 0. The van der Waals surface area contributed by atoms with Crippen LogP contribution < -0.4 is 10.6 Å². The minimum Gasteiger partial charge on any atom is -0.370 e. The van der Waals surface area contributed by atoms with Crippen LogP contribution in [0.4, 0.5) is 11.6 Å². The van der Waals surface area contributed by atoms with Crippen LogP contribution in [0, 0.1) is 25.2 Å². The Balaban J connectivity index is 2.07. The Morgan fingerprint density at radius 2 is 1.72 bits per heavy atom. The smallest absolute Gasteiger partial charge is 0.134 e. The first-order chi connectivity index (χ1) is 8.44. The highest BCUT2D eigenvalue weighted by Crippen LogP contribution is 2.51. The fourth-order valence-electron chi connectivity index (χ4n) is 2.28. The van der Waals surface area contributed by atoms with Gasteiger partial charge in [-0.15, -0.1) is 0 Å². The third-order valence-corrected chi connectivity index (χ3v) is 3.84. The average Bonchev–Trinajstić information content (AvgIpc) is 2.89. The van der Waals surface area contributed by atoms with Crippen molar-refractivity contribution in [3.8, 4) is 0 Å². The summed E-state index contributed by atoms with van der Waals surface area (Å²) in [5.74, 6) is 3.51. The minimum atomic E-state index is 0.507. The van der Waals surface area contributed by atoms with E-state index in [1.807, 2.05) is 6.92 Å². The molecule has 4 heteroatoms. The fourth-order valence-corrected chi connectivity index (χ4v) is 2.28. The van der Waals surface area contributed by atoms with Gasteiger partial charge in [0.05, 0.1) is 0 Å². The molecule has 100 valence electrons. The predicted molar refractivity (Wildman–Crippen MR) is 76.0 cm³/mol. The monoisotopic (exact) mass is 248 g/mol. The van der Waals surface area contributed by atoms with Gasteiger partial charge in [-0.05, 0) is 38.5 Å². The lowest BCUT2D eigenvalue weighted by molar-refractivity contribution is 0.572. The molecule has 1 aromatic heterocycles. The average molecular weight is 248 g/mol. The molecule has 0 aliphatic heterocycles. The second-order valence-electron chi connectivity index (χ2n) is 5.89. The summed E-state index contributed by atoms with van der Waals surface area (Å²) >= 11 is 0. The molecule has 0 spiro atoms. The lowest BCUT2D eigenvalue weighted by atomic mass is 10.1. The van der Waals surface area contributed by atoms with Crippen molar-refractivity contribution < 1.29 is 0 Å². The zero-order valence-corrected chi connectivity index (χ0v) is 12.1. The Morgan fingerprint density at radius 1 is 1.17 bits per heavy atom. The standard InChI is InChI=1S/C14H24N4/c1-6-15-12-9(2)13(18-10(3)17-12)16-8-11-7-14(11,4)5/h11H,6-8H2,1-5H3,(H2,15,16,17,18). The quantitative estimate of drug-likeness (QED) is 0.841. The van der Waals surface area contributed by atoms with E-state index in [9.17, 15) is 0 Å². The van der Waals surface area contributed by atoms with Crippen LogP contribution in [0.25, 0.3) is 0 Å². The van der Waals surface area contributed by atoms with Gasteiger partial charge in [-0.3, -0.25) is 0 Å². The van der Waals surface area contributed by atoms with Crippen LogP contribution in [0.1, 0.15) is 38.6 Å². The molecule has 0 radical (unpaired) electrons. The van der Waals surface area contributed by atoms with E-state index in [1.54, 1.807) is 0 Å². The lowest BCUT2D eigenvalue weighted by Crippen LogP contribution is -2.13. The highest BCUT2D eigenvalue weighted by molar-refractivity contribution is 5.57. The minimum absolute atomic E-state index is 0.507. The molecule has 2 rings (SSSR count). The van der Waals surface area contributed by atoms with E-state index in [0.29, 0.717) is 5.41 Å². The normalized spacial score (nSPS) is 20.6. The van der Waals surface area contributed by atoms with Crippen molar-refractivity contribution >= 4 is 11.6 Å². The Labute approximate surface area is 110 Å². The lowest BCUT2D eigenvalue weighted by Gasteiger charge is -2.14. The Bertz CT molecular complexity index is 440. The molecule has 0 aromatic carbocycles. The maximum absolute atomic E-state index is 4.50. The first-order valence-electron chi connectivity index (χ1n) is 6.77. The van der Waals surface area contributed by atoms with Crippen LogP contribution in [-0.4, -0.2) is 23.1 Å². The van der Waals surface area contributed by atoms with Gasteiger partial charge >= 0.3 is 0 Å². The molecule has 18 heavy (non-hydrogen) atoms. The summed E-state index contributed by atoms with van der Waals surface area (Å²) in [4.78, 5) is 8.93. The maximum atomic E-state index is 4.50. The van der Waals surface area contributed by atoms with E-state index < -0.39 is 0 Å². The largest absolute Gasteiger partial charge is 0.370 e. The molecule has 1 saturated carbocycles. The number of hydrogen-bond donors (Lipinski definition) is 2. The molecule has 0 saturated heterocycles. The number of hydrogen-bond acceptors (Lipinski definition) is 4. The number of rotatable bonds is 5. The topological polar surface area (TPSA) is 49.8 Å². The summed E-state index contributed by atoms with van der Waals surface area (Å²) in [6.45, 7) is 12.6. The van der Waals surface area contributed by atoms with Crippen LogP contribution in [0.3, 0.4) is 0 Å². The van der Waals surface area contributed by atoms with Crippen LogP contribution >= 0.6 is 0 Å². The summed E-state index contributed by atoms with van der Waals surface area (Å²) in [5.41, 5.74) is 1.62. The molecule has 1 aliphatic rings. The van der Waals surface area contributed by atoms with Gasteiger partial charge < -0.3 is 10.6 Å². The predicted octanol–water partition coefficient (Wildman–Crippen LogP) is 2.98. The van der Waals surface area contributed by atoms with E-state index in [4.69, 9.17) is 0 Å². The second-order valence-corrected chi connectivity index (χ2v) is 5.89. The number of nitrogens with zero attached hydrogens (tertiary/aromatic N) is 2. The van der Waals surface area contributed by atoms with Gasteiger partial charge in [-0.1, -0.05) is 13.8 Å². The molecular weight excluding hydrogens is 224 g/mol.